The Morgan fingerprint density at radius 2 is 1.97 bits per heavy atom. The number of likely N-dealkylation sites (N-methyl/N-ethyl adjacent to an activating group) is 1. The van der Waals surface area contributed by atoms with Gasteiger partial charge in [-0.1, -0.05) is 19.8 Å². The second-order valence-corrected chi connectivity index (χ2v) is 10.9. The zero-order valence-corrected chi connectivity index (χ0v) is 20.6. The first-order valence-corrected chi connectivity index (χ1v) is 13.3. The molecule has 1 aliphatic rings. The number of ether oxygens (including phenoxy) is 1. The van der Waals surface area contributed by atoms with Crippen LogP contribution in [0.5, 0.6) is 5.75 Å². The summed E-state index contributed by atoms with van der Waals surface area (Å²) in [5, 5.41) is 8.96. The second kappa shape index (κ2) is 10.8. The summed E-state index contributed by atoms with van der Waals surface area (Å²) in [6.45, 7) is 2.47. The molecule has 2 aromatic rings. The number of rotatable bonds is 9. The normalized spacial score (nSPS) is 17.9. The van der Waals surface area contributed by atoms with E-state index in [0.717, 1.165) is 12.8 Å². The average Bonchev–Trinajstić information content (AvgIpc) is 2.86. The number of fused-ring (bicyclic) bond motifs is 1. The van der Waals surface area contributed by atoms with Gasteiger partial charge < -0.3 is 14.7 Å². The van der Waals surface area contributed by atoms with E-state index in [-0.39, 0.29) is 28.3 Å². The molecule has 0 saturated carbocycles. The molecule has 1 N–H and O–H groups in total. The Morgan fingerprint density at radius 3 is 2.58 bits per heavy atom. The van der Waals surface area contributed by atoms with Gasteiger partial charge in [0.15, 0.2) is 0 Å². The SMILES string of the molecule is CCCC[C@@H]1CN(c2ccc(F)cc2)c2cc(OC)c(CSCC(=O)O)cc2S(=O)(=O)N1C. The predicted molar refractivity (Wildman–Crippen MR) is 128 cm³/mol. The smallest absolute Gasteiger partial charge is 0.313 e. The van der Waals surface area contributed by atoms with Gasteiger partial charge >= 0.3 is 5.97 Å². The molecule has 0 unspecified atom stereocenters. The van der Waals surface area contributed by atoms with Crippen molar-refractivity contribution in [1.29, 1.82) is 0 Å². The summed E-state index contributed by atoms with van der Waals surface area (Å²) in [7, 11) is -0.748. The maximum absolute atomic E-state index is 13.7. The van der Waals surface area contributed by atoms with Crippen LogP contribution in [-0.2, 0) is 20.6 Å². The molecule has 33 heavy (non-hydrogen) atoms. The van der Waals surface area contributed by atoms with Crippen LogP contribution < -0.4 is 9.64 Å². The number of halogens is 1. The Labute approximate surface area is 198 Å². The minimum atomic E-state index is -3.84. The van der Waals surface area contributed by atoms with Crippen molar-refractivity contribution in [2.24, 2.45) is 0 Å². The minimum Gasteiger partial charge on any atom is -0.496 e. The molecule has 0 spiro atoms. The number of anilines is 2. The molecular weight excluding hydrogens is 467 g/mol. The van der Waals surface area contributed by atoms with Crippen LogP contribution in [-0.4, -0.2) is 56.3 Å². The number of thioether (sulfide) groups is 1. The number of hydrogen-bond acceptors (Lipinski definition) is 6. The van der Waals surface area contributed by atoms with Crippen LogP contribution in [0.3, 0.4) is 0 Å². The van der Waals surface area contributed by atoms with Gasteiger partial charge in [0.1, 0.15) is 16.5 Å². The first kappa shape index (κ1) is 25.3. The molecule has 1 atom stereocenters. The molecule has 2 aromatic carbocycles. The van der Waals surface area contributed by atoms with Crippen molar-refractivity contribution in [3.63, 3.8) is 0 Å². The maximum atomic E-state index is 13.7. The third kappa shape index (κ3) is 5.62. The highest BCUT2D eigenvalue weighted by molar-refractivity contribution is 7.99. The van der Waals surface area contributed by atoms with Crippen molar-refractivity contribution in [2.45, 2.75) is 42.9 Å². The number of benzene rings is 2. The number of hydrogen-bond donors (Lipinski definition) is 1. The Kier molecular flexibility index (Phi) is 8.25. The lowest BCUT2D eigenvalue weighted by Gasteiger charge is -2.29. The van der Waals surface area contributed by atoms with Gasteiger partial charge in [0.25, 0.3) is 0 Å². The number of unbranched alkanes of at least 4 members (excludes halogenated alkanes) is 1. The Balaban J connectivity index is 2.17. The van der Waals surface area contributed by atoms with Crippen LogP contribution in [0.2, 0.25) is 0 Å². The summed E-state index contributed by atoms with van der Waals surface area (Å²) in [6, 6.07) is 8.97. The molecule has 7 nitrogen and oxygen atoms in total. The number of carboxylic acid groups (broad SMARTS) is 1. The number of aliphatic carboxylic acids is 1. The Bertz CT molecular complexity index is 1090. The van der Waals surface area contributed by atoms with E-state index in [9.17, 15) is 17.6 Å². The standard InChI is InChI=1S/C23H29FN2O5S2/c1-4-5-6-19-13-26(18-9-7-17(24)8-10-18)20-12-21(31-3)16(14-32-15-23(27)28)11-22(20)33(29,30)25(19)2/h7-12,19H,4-6,13-15H2,1-3H3,(H,27,28)/t19-/m1/s1. The summed E-state index contributed by atoms with van der Waals surface area (Å²) >= 11 is 1.17. The molecule has 1 aliphatic heterocycles. The van der Waals surface area contributed by atoms with E-state index >= 15 is 0 Å². The van der Waals surface area contributed by atoms with Gasteiger partial charge in [-0.25, -0.2) is 12.8 Å². The quantitative estimate of drug-likeness (QED) is 0.548. The van der Waals surface area contributed by atoms with Gasteiger partial charge in [-0.15, -0.1) is 11.8 Å². The fourth-order valence-corrected chi connectivity index (χ4v) is 6.24. The van der Waals surface area contributed by atoms with Crippen LogP contribution in [0, 0.1) is 5.82 Å². The summed E-state index contributed by atoms with van der Waals surface area (Å²) in [6.07, 6.45) is 2.50. The van der Waals surface area contributed by atoms with E-state index < -0.39 is 16.0 Å². The van der Waals surface area contributed by atoms with Crippen LogP contribution in [0.1, 0.15) is 31.7 Å². The highest BCUT2D eigenvalue weighted by Gasteiger charge is 2.37. The molecule has 0 aromatic heterocycles. The molecule has 0 aliphatic carbocycles. The zero-order chi connectivity index (χ0) is 24.2. The third-order valence-electron chi connectivity index (χ3n) is 5.73. The molecule has 0 saturated heterocycles. The molecule has 0 amide bonds. The fourth-order valence-electron chi connectivity index (χ4n) is 3.91. The molecule has 180 valence electrons. The van der Waals surface area contributed by atoms with Crippen LogP contribution >= 0.6 is 11.8 Å². The van der Waals surface area contributed by atoms with Crippen molar-refractivity contribution in [1.82, 2.24) is 4.31 Å². The van der Waals surface area contributed by atoms with Crippen LogP contribution in [0.15, 0.2) is 41.3 Å². The number of sulfonamides is 1. The van der Waals surface area contributed by atoms with E-state index in [1.165, 1.54) is 35.3 Å². The Hall–Kier alpha value is -2.30. The number of methoxy groups -OCH3 is 1. The van der Waals surface area contributed by atoms with Gasteiger partial charge in [0.2, 0.25) is 10.0 Å². The van der Waals surface area contributed by atoms with Crippen molar-refractivity contribution >= 4 is 39.1 Å². The molecule has 0 fully saturated rings. The summed E-state index contributed by atoms with van der Waals surface area (Å²) < 4.78 is 47.9. The summed E-state index contributed by atoms with van der Waals surface area (Å²) in [4.78, 5) is 12.9. The maximum Gasteiger partial charge on any atom is 0.313 e. The minimum absolute atomic E-state index is 0.103. The van der Waals surface area contributed by atoms with Gasteiger partial charge in [-0.3, -0.25) is 4.79 Å². The molecule has 1 heterocycles. The highest BCUT2D eigenvalue weighted by atomic mass is 32.2. The molecule has 0 radical (unpaired) electrons. The number of carboxylic acids is 1. The predicted octanol–water partition coefficient (Wildman–Crippen LogP) is 4.48. The summed E-state index contributed by atoms with van der Waals surface area (Å²) in [5.41, 5.74) is 1.74. The third-order valence-corrected chi connectivity index (χ3v) is 8.64. The lowest BCUT2D eigenvalue weighted by atomic mass is 10.1. The van der Waals surface area contributed by atoms with E-state index in [0.29, 0.717) is 35.7 Å². The summed E-state index contributed by atoms with van der Waals surface area (Å²) in [5.74, 6) is -0.652. The lowest BCUT2D eigenvalue weighted by molar-refractivity contribution is -0.133. The zero-order valence-electron chi connectivity index (χ0n) is 19.0. The fraction of sp³-hybridized carbons (Fsp3) is 0.435. The monoisotopic (exact) mass is 496 g/mol. The molecular formula is C23H29FN2O5S2. The first-order chi connectivity index (χ1) is 15.7. The topological polar surface area (TPSA) is 87.1 Å². The van der Waals surface area contributed by atoms with Crippen molar-refractivity contribution in [3.8, 4) is 5.75 Å². The average molecular weight is 497 g/mol. The molecule has 3 rings (SSSR count). The Morgan fingerprint density at radius 1 is 1.27 bits per heavy atom. The molecule has 10 heteroatoms. The van der Waals surface area contributed by atoms with Crippen molar-refractivity contribution < 1.29 is 27.4 Å². The van der Waals surface area contributed by atoms with Gasteiger partial charge in [-0.05, 0) is 36.8 Å². The van der Waals surface area contributed by atoms with E-state index in [1.54, 1.807) is 31.3 Å². The van der Waals surface area contributed by atoms with E-state index in [4.69, 9.17) is 9.84 Å². The second-order valence-electron chi connectivity index (χ2n) is 7.92. The first-order valence-electron chi connectivity index (χ1n) is 10.7. The lowest BCUT2D eigenvalue weighted by Crippen LogP contribution is -2.40. The van der Waals surface area contributed by atoms with E-state index in [1.807, 2.05) is 4.90 Å². The van der Waals surface area contributed by atoms with Crippen molar-refractivity contribution in [2.75, 3.05) is 31.4 Å². The number of nitrogens with zero attached hydrogens (tertiary/aromatic N) is 2. The number of carbonyl (C=O) groups is 1. The van der Waals surface area contributed by atoms with Crippen LogP contribution in [0.4, 0.5) is 15.8 Å². The highest BCUT2D eigenvalue weighted by Crippen LogP contribution is 2.42. The van der Waals surface area contributed by atoms with E-state index in [2.05, 4.69) is 6.92 Å². The van der Waals surface area contributed by atoms with Crippen LogP contribution in [0.25, 0.3) is 0 Å². The van der Waals surface area contributed by atoms with Gasteiger partial charge in [-0.2, -0.15) is 4.31 Å². The van der Waals surface area contributed by atoms with Gasteiger partial charge in [0.05, 0.1) is 18.6 Å². The van der Waals surface area contributed by atoms with Gasteiger partial charge in [0, 0.05) is 42.7 Å². The van der Waals surface area contributed by atoms with Crippen molar-refractivity contribution in [3.05, 3.63) is 47.8 Å². The largest absolute Gasteiger partial charge is 0.496 e. The molecule has 0 bridgehead atoms.